The van der Waals surface area contributed by atoms with E-state index in [9.17, 15) is 14.4 Å². The minimum absolute atomic E-state index is 0.0398. The summed E-state index contributed by atoms with van der Waals surface area (Å²) < 4.78 is 7.23. The Bertz CT molecular complexity index is 1330. The number of hydrogen-bond acceptors (Lipinski definition) is 5. The highest BCUT2D eigenvalue weighted by atomic mass is 35.5. The molecule has 1 N–H and O–H groups in total. The second-order valence-corrected chi connectivity index (χ2v) is 12.5. The summed E-state index contributed by atoms with van der Waals surface area (Å²) in [6.07, 6.45) is 15.0. The van der Waals surface area contributed by atoms with Crippen LogP contribution in [-0.2, 0) is 27.3 Å². The third kappa shape index (κ3) is 8.25. The number of ether oxygens (including phenoxy) is 1. The van der Waals surface area contributed by atoms with Crippen molar-refractivity contribution >= 4 is 35.8 Å². The summed E-state index contributed by atoms with van der Waals surface area (Å²) in [5, 5.41) is 3.75. The third-order valence-corrected chi connectivity index (χ3v) is 8.80. The van der Waals surface area contributed by atoms with Crippen LogP contribution in [0.15, 0.2) is 53.6 Å². The van der Waals surface area contributed by atoms with Crippen LogP contribution in [-0.4, -0.2) is 85.5 Å². The standard InChI is InChI=1S/C22H26ClN3O3.C12H19NO/c1-3-21(29)25-9-16(10-25)24-20(28)11-26-19(7-14-4-5-14)18(12-27)17-8-15(23)6-13(2)22(17)26;1-4-5-6-11-9-13(2)8-7-12(11)10-14-3/h3,8,12-14,16H,1,4-7,9-11H2,2H3,(H,24,28);4-6H,1,7-10H2,2-3H3/b;6-5-. The predicted octanol–water partition coefficient (Wildman–Crippen LogP) is 4.86. The van der Waals surface area contributed by atoms with Gasteiger partial charge < -0.3 is 24.4 Å². The van der Waals surface area contributed by atoms with E-state index < -0.39 is 0 Å². The van der Waals surface area contributed by atoms with E-state index in [1.54, 1.807) is 12.0 Å². The van der Waals surface area contributed by atoms with E-state index in [0.717, 1.165) is 60.8 Å². The second-order valence-electron chi connectivity index (χ2n) is 12.1. The number of fused-ring (bicyclic) bond motifs is 1. The van der Waals surface area contributed by atoms with Gasteiger partial charge in [-0.2, -0.15) is 0 Å². The first-order chi connectivity index (χ1) is 20.7. The molecule has 1 saturated heterocycles. The average molecular weight is 609 g/mol. The van der Waals surface area contributed by atoms with Crippen LogP contribution in [0.2, 0.25) is 0 Å². The highest BCUT2D eigenvalue weighted by molar-refractivity contribution is 6.32. The van der Waals surface area contributed by atoms with E-state index >= 15 is 0 Å². The number of rotatable bonds is 11. The first-order valence-corrected chi connectivity index (χ1v) is 15.5. The van der Waals surface area contributed by atoms with E-state index in [1.807, 2.05) is 22.8 Å². The zero-order valence-corrected chi connectivity index (χ0v) is 26.5. The number of aldehydes is 1. The van der Waals surface area contributed by atoms with Crippen molar-refractivity contribution in [3.05, 3.63) is 76.2 Å². The summed E-state index contributed by atoms with van der Waals surface area (Å²) in [6, 6.07) is -0.0398. The fraction of sp³-hybridized carbons (Fsp3) is 0.500. The third-order valence-electron chi connectivity index (χ3n) is 8.54. The maximum absolute atomic E-state index is 12.8. The molecule has 1 atom stereocenters. The Morgan fingerprint density at radius 2 is 1.98 bits per heavy atom. The minimum Gasteiger partial charge on any atom is -0.380 e. The van der Waals surface area contributed by atoms with Crippen LogP contribution in [0.3, 0.4) is 0 Å². The van der Waals surface area contributed by atoms with Crippen molar-refractivity contribution in [1.82, 2.24) is 19.7 Å². The molecule has 8 nitrogen and oxygen atoms in total. The number of likely N-dealkylation sites (N-methyl/N-ethyl adjacent to an activating group) is 1. The van der Waals surface area contributed by atoms with Gasteiger partial charge in [0.25, 0.3) is 0 Å². The Labute approximate surface area is 260 Å². The average Bonchev–Trinajstić information content (AvgIpc) is 3.73. The molecule has 3 heterocycles. The number of carbonyl (C=O) groups is 3. The number of methoxy groups -OCH3 is 1. The lowest BCUT2D eigenvalue weighted by Gasteiger charge is -2.39. The lowest BCUT2D eigenvalue weighted by atomic mass is 9.92. The fourth-order valence-electron chi connectivity index (χ4n) is 6.10. The van der Waals surface area contributed by atoms with Crippen LogP contribution in [0.4, 0.5) is 0 Å². The van der Waals surface area contributed by atoms with Gasteiger partial charge in [0.1, 0.15) is 6.54 Å². The molecule has 2 amide bonds. The van der Waals surface area contributed by atoms with Gasteiger partial charge in [-0.25, -0.2) is 0 Å². The van der Waals surface area contributed by atoms with E-state index in [0.29, 0.717) is 31.0 Å². The Morgan fingerprint density at radius 1 is 1.23 bits per heavy atom. The van der Waals surface area contributed by atoms with Gasteiger partial charge in [-0.05, 0) is 68.4 Å². The molecule has 0 radical (unpaired) electrons. The summed E-state index contributed by atoms with van der Waals surface area (Å²) in [5.74, 6) is 0.522. The van der Waals surface area contributed by atoms with Crippen LogP contribution in [0.5, 0.6) is 0 Å². The maximum Gasteiger partial charge on any atom is 0.246 e. The SMILES string of the molecule is C=C/C=C\C1=C(COC)CCN(C)C1.C=CC(=O)N1CC(NC(=O)Cn2c(CC3CC3)c(C=O)c3c2C(C)CC(Cl)=C3)C1. The number of halogens is 1. The van der Waals surface area contributed by atoms with Crippen molar-refractivity contribution in [1.29, 1.82) is 0 Å². The molecule has 9 heteroatoms. The molecule has 2 fully saturated rings. The zero-order valence-electron chi connectivity index (χ0n) is 25.7. The van der Waals surface area contributed by atoms with Crippen LogP contribution >= 0.6 is 11.6 Å². The molecule has 0 aromatic carbocycles. The smallest absolute Gasteiger partial charge is 0.246 e. The van der Waals surface area contributed by atoms with Gasteiger partial charge in [0.05, 0.1) is 12.6 Å². The number of nitrogens with zero attached hydrogens (tertiary/aromatic N) is 3. The number of allylic oxidation sites excluding steroid dienone is 3. The molecule has 1 aromatic heterocycles. The summed E-state index contributed by atoms with van der Waals surface area (Å²) in [4.78, 5) is 40.3. The summed E-state index contributed by atoms with van der Waals surface area (Å²) >= 11 is 6.32. The number of carbonyl (C=O) groups excluding carboxylic acids is 3. The molecular formula is C34H45ClN4O4. The molecule has 5 rings (SSSR count). The molecule has 0 bridgehead atoms. The van der Waals surface area contributed by atoms with Gasteiger partial charge in [-0.15, -0.1) is 0 Å². The molecule has 1 saturated carbocycles. The summed E-state index contributed by atoms with van der Waals surface area (Å²) in [6.45, 7) is 13.3. The Balaban J connectivity index is 0.000000255. The number of hydrogen-bond donors (Lipinski definition) is 1. The van der Waals surface area contributed by atoms with Gasteiger partial charge >= 0.3 is 0 Å². The number of amides is 2. The highest BCUT2D eigenvalue weighted by Gasteiger charge is 2.34. The van der Waals surface area contributed by atoms with E-state index in [-0.39, 0.29) is 30.3 Å². The number of likely N-dealkylation sites (tertiary alicyclic amines) is 1. The molecule has 232 valence electrons. The van der Waals surface area contributed by atoms with Gasteiger partial charge in [0, 0.05) is 66.8 Å². The Kier molecular flexibility index (Phi) is 11.4. The van der Waals surface area contributed by atoms with Gasteiger partial charge in [-0.3, -0.25) is 14.4 Å². The topological polar surface area (TPSA) is 83.9 Å². The van der Waals surface area contributed by atoms with Gasteiger partial charge in [-0.1, -0.05) is 49.9 Å². The van der Waals surface area contributed by atoms with Crippen molar-refractivity contribution in [3.63, 3.8) is 0 Å². The quantitative estimate of drug-likeness (QED) is 0.220. The van der Waals surface area contributed by atoms with E-state index in [1.165, 1.54) is 30.1 Å². The van der Waals surface area contributed by atoms with Gasteiger partial charge in [0.2, 0.25) is 11.8 Å². The zero-order chi connectivity index (χ0) is 31.1. The van der Waals surface area contributed by atoms with Crippen molar-refractivity contribution in [3.8, 4) is 0 Å². The molecular weight excluding hydrogens is 564 g/mol. The van der Waals surface area contributed by atoms with Crippen LogP contribution in [0, 0.1) is 5.92 Å². The lowest BCUT2D eigenvalue weighted by molar-refractivity contribution is -0.133. The molecule has 1 unspecified atom stereocenters. The first-order valence-electron chi connectivity index (χ1n) is 15.1. The largest absolute Gasteiger partial charge is 0.380 e. The van der Waals surface area contributed by atoms with E-state index in [2.05, 4.69) is 43.4 Å². The van der Waals surface area contributed by atoms with E-state index in [4.69, 9.17) is 16.3 Å². The predicted molar refractivity (Wildman–Crippen MR) is 172 cm³/mol. The van der Waals surface area contributed by atoms with Crippen LogP contribution < -0.4 is 5.32 Å². The molecule has 2 aliphatic heterocycles. The summed E-state index contributed by atoms with van der Waals surface area (Å²) in [5.41, 5.74) is 6.33. The van der Waals surface area contributed by atoms with Crippen molar-refractivity contribution < 1.29 is 19.1 Å². The molecule has 43 heavy (non-hydrogen) atoms. The molecule has 4 aliphatic rings. The van der Waals surface area contributed by atoms with Crippen LogP contribution in [0.25, 0.3) is 6.08 Å². The molecule has 1 aromatic rings. The summed E-state index contributed by atoms with van der Waals surface area (Å²) in [7, 11) is 3.89. The normalized spacial score (nSPS) is 20.5. The second kappa shape index (κ2) is 15.0. The number of nitrogens with one attached hydrogen (secondary N) is 1. The van der Waals surface area contributed by atoms with Crippen molar-refractivity contribution in [2.45, 2.75) is 57.5 Å². The first kappa shape index (κ1) is 32.7. The Hall–Kier alpha value is -3.20. The number of aromatic nitrogens is 1. The van der Waals surface area contributed by atoms with Crippen LogP contribution in [0.1, 0.15) is 65.8 Å². The fourth-order valence-corrected chi connectivity index (χ4v) is 6.44. The maximum atomic E-state index is 12.8. The highest BCUT2D eigenvalue weighted by Crippen LogP contribution is 2.42. The van der Waals surface area contributed by atoms with Crippen molar-refractivity contribution in [2.24, 2.45) is 5.92 Å². The minimum atomic E-state index is -0.116. The Morgan fingerprint density at radius 3 is 2.60 bits per heavy atom. The molecule has 2 aliphatic carbocycles. The van der Waals surface area contributed by atoms with Gasteiger partial charge in [0.15, 0.2) is 6.29 Å². The van der Waals surface area contributed by atoms with Crippen molar-refractivity contribution in [2.75, 3.05) is 46.9 Å². The monoisotopic (exact) mass is 608 g/mol. The lowest BCUT2D eigenvalue weighted by Crippen LogP contribution is -2.61. The molecule has 0 spiro atoms.